The summed E-state index contributed by atoms with van der Waals surface area (Å²) in [6, 6.07) is 12.7. The third kappa shape index (κ3) is 5.69. The average molecular weight is 440 g/mol. The lowest BCUT2D eigenvalue weighted by molar-refractivity contribution is -0.134. The van der Waals surface area contributed by atoms with E-state index in [0.717, 1.165) is 61.4 Å². The van der Waals surface area contributed by atoms with Gasteiger partial charge in [-0.2, -0.15) is 0 Å². The highest BCUT2D eigenvalue weighted by atomic mass is 16.5. The molecule has 6 nitrogen and oxygen atoms in total. The fourth-order valence-electron chi connectivity index (χ4n) is 4.44. The monoisotopic (exact) mass is 439 g/mol. The maximum absolute atomic E-state index is 11.4. The number of hydrogen-bond donors (Lipinski definition) is 1. The Morgan fingerprint density at radius 2 is 2.00 bits per heavy atom. The second-order valence-corrected chi connectivity index (χ2v) is 7.88. The molecule has 0 aliphatic heterocycles. The molecular formula is C26H33NO5. The number of ether oxygens (including phenoxy) is 3. The molecule has 1 N–H and O–H groups in total. The molecular weight excluding hydrogens is 406 g/mol. The van der Waals surface area contributed by atoms with Crippen molar-refractivity contribution in [2.45, 2.75) is 31.7 Å². The molecule has 0 heterocycles. The predicted molar refractivity (Wildman–Crippen MR) is 125 cm³/mol. The van der Waals surface area contributed by atoms with Crippen molar-refractivity contribution in [1.82, 2.24) is 4.90 Å². The Hall–Kier alpha value is -2.83. The van der Waals surface area contributed by atoms with Gasteiger partial charge in [0.2, 0.25) is 0 Å². The minimum atomic E-state index is -0.355. The molecule has 0 saturated heterocycles. The number of aryl methyl sites for hydroxylation is 1. The normalized spacial score (nSPS) is 15.2. The Balaban J connectivity index is 1.77. The minimum absolute atomic E-state index is 0.176. The van der Waals surface area contributed by atoms with Gasteiger partial charge in [0.1, 0.15) is 0 Å². The van der Waals surface area contributed by atoms with Gasteiger partial charge in [-0.05, 0) is 60.1 Å². The molecule has 2 aromatic rings. The van der Waals surface area contributed by atoms with Crippen molar-refractivity contribution < 1.29 is 24.1 Å². The molecule has 0 spiro atoms. The fraction of sp³-hybridized carbons (Fsp3) is 0.423. The number of para-hydroxylation sites is 1. The summed E-state index contributed by atoms with van der Waals surface area (Å²) in [5.74, 6) is 1.17. The molecule has 32 heavy (non-hydrogen) atoms. The number of fused-ring (bicyclic) bond motifs is 1. The summed E-state index contributed by atoms with van der Waals surface area (Å²) in [6.45, 7) is 1.87. The number of nitrogens with zero attached hydrogens (tertiary/aromatic N) is 1. The standard InChI is InChI=1S/C26H33NO5/c1-30-24-7-4-6-20(26(24)32-3)14-16-27(15-5-17-28)23-12-10-21-18-19(8-11-22(21)23)9-13-25(29)31-2/h4,6-9,11,13,18,23,28H,5,10,12,14-17H2,1-3H3/b13-9+. The van der Waals surface area contributed by atoms with E-state index in [0.29, 0.717) is 6.04 Å². The van der Waals surface area contributed by atoms with Gasteiger partial charge in [-0.15, -0.1) is 0 Å². The number of aliphatic hydroxyl groups excluding tert-OH is 1. The topological polar surface area (TPSA) is 68.2 Å². The molecule has 0 radical (unpaired) electrons. The van der Waals surface area contributed by atoms with Crippen LogP contribution in [0, 0.1) is 0 Å². The third-order valence-corrected chi connectivity index (χ3v) is 6.02. The van der Waals surface area contributed by atoms with Gasteiger partial charge in [0.05, 0.1) is 21.3 Å². The number of hydrogen-bond acceptors (Lipinski definition) is 6. The largest absolute Gasteiger partial charge is 0.493 e. The predicted octanol–water partition coefficient (Wildman–Crippen LogP) is 3.80. The van der Waals surface area contributed by atoms with Gasteiger partial charge in [0, 0.05) is 31.8 Å². The molecule has 0 amide bonds. The van der Waals surface area contributed by atoms with E-state index in [1.54, 1.807) is 20.3 Å². The van der Waals surface area contributed by atoms with Crippen LogP contribution >= 0.6 is 0 Å². The van der Waals surface area contributed by atoms with Crippen LogP contribution in [0.1, 0.15) is 41.1 Å². The smallest absolute Gasteiger partial charge is 0.330 e. The fourth-order valence-corrected chi connectivity index (χ4v) is 4.44. The highest BCUT2D eigenvalue weighted by Gasteiger charge is 2.28. The van der Waals surface area contributed by atoms with Crippen LogP contribution in [-0.2, 0) is 22.4 Å². The van der Waals surface area contributed by atoms with Crippen molar-refractivity contribution in [2.75, 3.05) is 41.0 Å². The zero-order valence-electron chi connectivity index (χ0n) is 19.2. The van der Waals surface area contributed by atoms with Crippen LogP contribution in [0.25, 0.3) is 6.08 Å². The van der Waals surface area contributed by atoms with E-state index in [1.807, 2.05) is 18.2 Å². The first-order chi connectivity index (χ1) is 15.6. The van der Waals surface area contributed by atoms with E-state index in [4.69, 9.17) is 9.47 Å². The van der Waals surface area contributed by atoms with Gasteiger partial charge < -0.3 is 19.3 Å². The van der Waals surface area contributed by atoms with Crippen LogP contribution in [0.15, 0.2) is 42.5 Å². The summed E-state index contributed by atoms with van der Waals surface area (Å²) in [4.78, 5) is 13.8. The highest BCUT2D eigenvalue weighted by molar-refractivity contribution is 5.87. The number of benzene rings is 2. The maximum atomic E-state index is 11.4. The Kier molecular flexibility index (Phi) is 8.71. The quantitative estimate of drug-likeness (QED) is 0.424. The molecule has 1 aliphatic rings. The van der Waals surface area contributed by atoms with E-state index >= 15 is 0 Å². The minimum Gasteiger partial charge on any atom is -0.493 e. The van der Waals surface area contributed by atoms with Crippen LogP contribution in [0.2, 0.25) is 0 Å². The molecule has 1 unspecified atom stereocenters. The summed E-state index contributed by atoms with van der Waals surface area (Å²) < 4.78 is 15.7. The van der Waals surface area contributed by atoms with Gasteiger partial charge in [-0.1, -0.05) is 30.3 Å². The lowest BCUT2D eigenvalue weighted by Crippen LogP contribution is -2.31. The first kappa shape index (κ1) is 23.8. The average Bonchev–Trinajstić information content (AvgIpc) is 3.25. The third-order valence-electron chi connectivity index (χ3n) is 6.02. The van der Waals surface area contributed by atoms with Crippen molar-refractivity contribution in [3.63, 3.8) is 0 Å². The summed E-state index contributed by atoms with van der Waals surface area (Å²) in [7, 11) is 4.70. The Bertz CT molecular complexity index is 940. The Morgan fingerprint density at radius 1 is 1.16 bits per heavy atom. The van der Waals surface area contributed by atoms with Gasteiger partial charge in [0.25, 0.3) is 0 Å². The van der Waals surface area contributed by atoms with Gasteiger partial charge in [0.15, 0.2) is 11.5 Å². The second-order valence-electron chi connectivity index (χ2n) is 7.88. The number of rotatable bonds is 11. The van der Waals surface area contributed by atoms with Crippen molar-refractivity contribution in [3.05, 3.63) is 64.7 Å². The van der Waals surface area contributed by atoms with Crippen LogP contribution < -0.4 is 9.47 Å². The molecule has 172 valence electrons. The van der Waals surface area contributed by atoms with Gasteiger partial charge >= 0.3 is 5.97 Å². The zero-order valence-corrected chi connectivity index (χ0v) is 19.2. The maximum Gasteiger partial charge on any atom is 0.330 e. The van der Waals surface area contributed by atoms with E-state index in [2.05, 4.69) is 27.8 Å². The van der Waals surface area contributed by atoms with Crippen molar-refractivity contribution in [3.8, 4) is 11.5 Å². The van der Waals surface area contributed by atoms with Crippen LogP contribution in [0.4, 0.5) is 0 Å². The molecule has 6 heteroatoms. The molecule has 0 saturated carbocycles. The van der Waals surface area contributed by atoms with E-state index in [9.17, 15) is 9.90 Å². The zero-order chi connectivity index (χ0) is 22.9. The van der Waals surface area contributed by atoms with Crippen molar-refractivity contribution in [2.24, 2.45) is 0 Å². The van der Waals surface area contributed by atoms with Gasteiger partial charge in [-0.25, -0.2) is 4.79 Å². The Labute approximate surface area is 190 Å². The van der Waals surface area contributed by atoms with E-state index in [1.165, 1.54) is 24.3 Å². The Morgan fingerprint density at radius 3 is 2.72 bits per heavy atom. The molecule has 1 atom stereocenters. The van der Waals surface area contributed by atoms with Crippen LogP contribution in [0.5, 0.6) is 11.5 Å². The van der Waals surface area contributed by atoms with E-state index < -0.39 is 0 Å². The van der Waals surface area contributed by atoms with Gasteiger partial charge in [-0.3, -0.25) is 4.90 Å². The molecule has 1 aliphatic carbocycles. The summed E-state index contributed by atoms with van der Waals surface area (Å²) in [5.41, 5.74) is 4.76. The lowest BCUT2D eigenvalue weighted by Gasteiger charge is -2.30. The first-order valence-electron chi connectivity index (χ1n) is 11.0. The SMILES string of the molecule is COC(=O)/C=C/c1ccc2c(c1)CCC2N(CCCO)CCc1cccc(OC)c1OC. The molecule has 0 fully saturated rings. The molecule has 3 rings (SSSR count). The van der Waals surface area contributed by atoms with Crippen LogP contribution in [-0.4, -0.2) is 57.0 Å². The number of esters is 1. The number of carbonyl (C=O) groups is 1. The van der Waals surface area contributed by atoms with E-state index in [-0.39, 0.29) is 12.6 Å². The molecule has 0 bridgehead atoms. The molecule has 0 aromatic heterocycles. The first-order valence-corrected chi connectivity index (χ1v) is 11.0. The van der Waals surface area contributed by atoms with Crippen molar-refractivity contribution in [1.29, 1.82) is 0 Å². The summed E-state index contributed by atoms with van der Waals surface area (Å²) in [5, 5.41) is 9.44. The molecule has 2 aromatic carbocycles. The second kappa shape index (κ2) is 11.7. The van der Waals surface area contributed by atoms with Crippen LogP contribution in [0.3, 0.4) is 0 Å². The highest BCUT2D eigenvalue weighted by Crippen LogP contribution is 2.37. The number of methoxy groups -OCH3 is 3. The summed E-state index contributed by atoms with van der Waals surface area (Å²) in [6.07, 6.45) is 6.85. The number of carbonyl (C=O) groups excluding carboxylic acids is 1. The lowest BCUT2D eigenvalue weighted by atomic mass is 10.0. The van der Waals surface area contributed by atoms with Crippen molar-refractivity contribution >= 4 is 12.0 Å². The number of aliphatic hydroxyl groups is 1. The summed E-state index contributed by atoms with van der Waals surface area (Å²) >= 11 is 0.